The maximum Gasteiger partial charge on any atom is 0.255 e. The second kappa shape index (κ2) is 42.1. The molecule has 3 aliphatic rings. The van der Waals surface area contributed by atoms with Crippen LogP contribution in [0.2, 0.25) is 0 Å². The molecule has 6 aromatic carbocycles. The van der Waals surface area contributed by atoms with Crippen molar-refractivity contribution in [3.63, 3.8) is 0 Å². The van der Waals surface area contributed by atoms with Crippen LogP contribution in [0.3, 0.4) is 0 Å². The number of sulfonamides is 2. The fourth-order valence-corrected chi connectivity index (χ4v) is 12.9. The highest BCUT2D eigenvalue weighted by molar-refractivity contribution is 7.92. The molecule has 26 N–H and O–H groups in total. The molecule has 0 saturated carbocycles. The number of primary amides is 3. The van der Waals surface area contributed by atoms with Crippen LogP contribution in [0, 0.1) is 5.92 Å². The van der Waals surface area contributed by atoms with E-state index in [-0.39, 0.29) is 119 Å². The van der Waals surface area contributed by atoms with Gasteiger partial charge >= 0.3 is 0 Å². The summed E-state index contributed by atoms with van der Waals surface area (Å²) < 4.78 is 63.4. The van der Waals surface area contributed by atoms with E-state index in [1.165, 1.54) is 72.8 Å². The molecule has 0 bridgehead atoms. The van der Waals surface area contributed by atoms with Crippen molar-refractivity contribution in [3.8, 4) is 11.5 Å². The van der Waals surface area contributed by atoms with Gasteiger partial charge in [0.25, 0.3) is 17.7 Å². The number of aliphatic imine (C=N–C) groups is 1. The number of nitrogen functional groups attached to an aromatic ring is 1. The number of nitrogens with one attached hydrogen (secondary N) is 12. The van der Waals surface area contributed by atoms with Gasteiger partial charge in [0.05, 0.1) is 42.3 Å². The monoisotopic (exact) mass is 1640 g/mol. The summed E-state index contributed by atoms with van der Waals surface area (Å²) >= 11 is 0. The number of fused-ring (bicyclic) bond motifs is 6. The van der Waals surface area contributed by atoms with Crippen molar-refractivity contribution in [2.45, 2.75) is 129 Å². The van der Waals surface area contributed by atoms with Gasteiger partial charge in [-0.05, 0) is 148 Å². The van der Waals surface area contributed by atoms with Gasteiger partial charge in [-0.25, -0.2) is 16.8 Å². The summed E-state index contributed by atoms with van der Waals surface area (Å²) in [6, 6.07) is 22.8. The van der Waals surface area contributed by atoms with E-state index in [4.69, 9.17) is 49.6 Å². The molecule has 3 aliphatic heterocycles. The van der Waals surface area contributed by atoms with Gasteiger partial charge in [0, 0.05) is 80.7 Å². The molecule has 622 valence electrons. The Bertz CT molecular complexity index is 4960. The molecule has 9 rings (SSSR count). The molecular weight excluding hydrogens is 1550 g/mol. The maximum absolute atomic E-state index is 13.5. The van der Waals surface area contributed by atoms with Crippen molar-refractivity contribution >= 4 is 137 Å². The quantitative estimate of drug-likeness (QED) is 0.0212. The van der Waals surface area contributed by atoms with Crippen LogP contribution in [-0.2, 0) is 68.6 Å². The lowest BCUT2D eigenvalue weighted by molar-refractivity contribution is -0.128. The van der Waals surface area contributed by atoms with Gasteiger partial charge in [0.2, 0.25) is 73.2 Å². The zero-order chi connectivity index (χ0) is 85.1. The third kappa shape index (κ3) is 27.6. The normalized spacial score (nSPS) is 17.1. The molecule has 116 heavy (non-hydrogen) atoms. The summed E-state index contributed by atoms with van der Waals surface area (Å²) in [5.74, 6) is -7.37. The van der Waals surface area contributed by atoms with Crippen LogP contribution >= 0.6 is 0 Å². The van der Waals surface area contributed by atoms with Gasteiger partial charge in [0.15, 0.2) is 5.96 Å². The van der Waals surface area contributed by atoms with Gasteiger partial charge in [-0.3, -0.25) is 72.0 Å². The summed E-state index contributed by atoms with van der Waals surface area (Å²) in [5, 5.41) is 27.4. The van der Waals surface area contributed by atoms with Crippen LogP contribution in [0.5, 0.6) is 11.5 Å². The molecule has 0 radical (unpaired) electrons. The Labute approximate surface area is 669 Å². The maximum atomic E-state index is 13.5. The van der Waals surface area contributed by atoms with Crippen molar-refractivity contribution in [3.05, 3.63) is 159 Å². The highest BCUT2D eigenvalue weighted by Crippen LogP contribution is 2.31. The molecule has 0 aromatic heterocycles. The predicted octanol–water partition coefficient (Wildman–Crippen LogP) is 2.13. The summed E-state index contributed by atoms with van der Waals surface area (Å²) in [4.78, 5) is 157. The first-order chi connectivity index (χ1) is 54.9. The number of benzene rings is 6. The molecule has 5 atom stereocenters. The van der Waals surface area contributed by atoms with Crippen LogP contribution in [-0.4, -0.2) is 157 Å². The second-order valence-corrected chi connectivity index (χ2v) is 30.8. The van der Waals surface area contributed by atoms with E-state index < -0.39 is 122 Å². The third-order valence-electron chi connectivity index (χ3n) is 18.1. The van der Waals surface area contributed by atoms with Crippen molar-refractivity contribution in [2.24, 2.45) is 45.3 Å². The number of rotatable bonds is 21. The SMILES string of the molecule is CCCCCC1NC(=O)c2cc(NS(C)(=O)=O)ccc2OCc2ccc(C(N)=O)cc2NC(=O)CNC1=O.CC[C@H](C)[C@@H]1NC(=O)c2cc(N)ccc2NCc2ccc(C(N)=O)cc2NC(=O)[C@H](CCCCN)NC1=O.CS(=O)(=O)Nc1ccc2c(c1)C(=O)NC(CCCN=C(N)N)C(=O)NCC(=O)Nc1cc(C(N)=O)ccc1CO2. The smallest absolute Gasteiger partial charge is 0.255 e. The van der Waals surface area contributed by atoms with Gasteiger partial charge in [-0.2, -0.15) is 0 Å². The Balaban J connectivity index is 0.000000241. The molecule has 0 fully saturated rings. The lowest BCUT2D eigenvalue weighted by Crippen LogP contribution is -2.55. The van der Waals surface area contributed by atoms with Gasteiger partial charge in [-0.1, -0.05) is 64.7 Å². The zero-order valence-corrected chi connectivity index (χ0v) is 66.1. The first-order valence-corrected chi connectivity index (χ1v) is 40.6. The van der Waals surface area contributed by atoms with Gasteiger partial charge < -0.3 is 103 Å². The van der Waals surface area contributed by atoms with E-state index in [9.17, 15) is 74.4 Å². The number of anilines is 7. The Kier molecular flexibility index (Phi) is 32.7. The summed E-state index contributed by atoms with van der Waals surface area (Å²) in [6.45, 7) is 5.55. The Morgan fingerprint density at radius 2 is 0.931 bits per heavy atom. The Morgan fingerprint density at radius 1 is 0.483 bits per heavy atom. The highest BCUT2D eigenvalue weighted by atomic mass is 32.2. The van der Waals surface area contributed by atoms with Crippen LogP contribution in [0.1, 0.15) is 164 Å². The number of guanidine groups is 1. The van der Waals surface area contributed by atoms with E-state index in [1.54, 1.807) is 36.4 Å². The van der Waals surface area contributed by atoms with E-state index in [2.05, 4.69) is 67.6 Å². The fourth-order valence-electron chi connectivity index (χ4n) is 11.8. The number of nitrogens with two attached hydrogens (primary N) is 7. The molecule has 12 amide bonds. The molecule has 0 saturated heterocycles. The van der Waals surface area contributed by atoms with Crippen LogP contribution in [0.25, 0.3) is 0 Å². The topological polar surface area (TPSA) is 630 Å². The standard InChI is InChI=1S/C27H37N7O4.C25H31N5O7S.C24H30N8O7S/c1-3-15(2)23-27(38)32-21(6-4-5-11-28)26(37)33-22-12-16(24(30)35)7-8-17(22)14-31-20-10-9-18(29)13-19(20)25(36)34-23;1-3-4-5-6-19-25(34)27-13-22(31)28-20-11-15(23(26)32)7-8-16(20)14-37-21-10-9-17(30-38(2,35)36)12-18(21)24(33)29-19;1-40(37,38)32-15-6-7-19-16(10-15)22(35)31-17(3-2-8-28-24(26)27)23(36)29-11-20(33)30-18-9-13(21(25)34)4-5-14(18)12-39-19/h7-10,12-13,15,21,23,31H,3-6,11,14,28-29H2,1-2H3,(H2,30,35)(H,32,38)(H,33,37)(H,34,36);7-12,19,30H,3-6,13-14H2,1-2H3,(H2,26,32)(H,27,34)(H,28,31)(H,29,33);4-7,9-10,17,32H,2-3,8,11-12H2,1H3,(H2,25,34)(H,29,36)(H,30,33)(H,31,35)(H4,26,27,28)/t15-,21-,23-;;/m0../s1. The summed E-state index contributed by atoms with van der Waals surface area (Å²) in [6.07, 6.45) is 7.32. The summed E-state index contributed by atoms with van der Waals surface area (Å²) in [7, 11) is -7.29. The predicted molar refractivity (Wildman–Crippen MR) is 436 cm³/mol. The average Bonchev–Trinajstić information content (AvgIpc) is 0.821. The van der Waals surface area contributed by atoms with Crippen molar-refractivity contribution in [1.82, 2.24) is 31.9 Å². The largest absolute Gasteiger partial charge is 0.488 e. The lowest BCUT2D eigenvalue weighted by atomic mass is 9.96. The van der Waals surface area contributed by atoms with Gasteiger partial charge in [0.1, 0.15) is 48.9 Å². The number of carbonyl (C=O) groups excluding carboxylic acids is 12. The number of unbranched alkanes of at least 4 members (excludes halogenated alkanes) is 3. The number of hydrogen-bond donors (Lipinski definition) is 19. The molecule has 3 heterocycles. The molecule has 38 nitrogen and oxygen atoms in total. The molecule has 6 aromatic rings. The van der Waals surface area contributed by atoms with E-state index in [0.29, 0.717) is 85.2 Å². The van der Waals surface area contributed by atoms with Crippen LogP contribution in [0.4, 0.5) is 39.8 Å². The van der Waals surface area contributed by atoms with Gasteiger partial charge in [-0.15, -0.1) is 0 Å². The van der Waals surface area contributed by atoms with Crippen molar-refractivity contribution < 1.29 is 83.8 Å². The Hall–Kier alpha value is -13.1. The fraction of sp³-hybridized carbons (Fsp3) is 0.355. The molecular formula is C76H98N20O18S2. The van der Waals surface area contributed by atoms with Crippen LogP contribution in [0.15, 0.2) is 114 Å². The third-order valence-corrected chi connectivity index (χ3v) is 19.3. The molecule has 2 unspecified atom stereocenters. The van der Waals surface area contributed by atoms with E-state index in [1.807, 2.05) is 20.8 Å². The first kappa shape index (κ1) is 90.1. The van der Waals surface area contributed by atoms with E-state index in [0.717, 1.165) is 25.4 Å². The molecule has 0 aliphatic carbocycles. The van der Waals surface area contributed by atoms with Crippen LogP contribution < -0.4 is 112 Å². The highest BCUT2D eigenvalue weighted by Gasteiger charge is 2.33. The van der Waals surface area contributed by atoms with Crippen molar-refractivity contribution in [2.75, 3.05) is 75.1 Å². The van der Waals surface area contributed by atoms with E-state index >= 15 is 0 Å². The second-order valence-electron chi connectivity index (χ2n) is 27.3. The number of ether oxygens (including phenoxy) is 2. The first-order valence-electron chi connectivity index (χ1n) is 36.8. The minimum Gasteiger partial charge on any atom is -0.488 e. The number of carbonyl (C=O) groups is 12. The number of nitrogens with zero attached hydrogens (tertiary/aromatic N) is 1. The average molecular weight is 1640 g/mol. The van der Waals surface area contributed by atoms with Crippen molar-refractivity contribution in [1.29, 1.82) is 0 Å². The minimum absolute atomic E-state index is 0.00310. The zero-order valence-electron chi connectivity index (χ0n) is 64.5. The minimum atomic E-state index is -3.67. The Morgan fingerprint density at radius 3 is 1.38 bits per heavy atom. The molecule has 40 heteroatoms. The molecule has 0 spiro atoms. The number of amides is 12. The summed E-state index contributed by atoms with van der Waals surface area (Å²) in [5.41, 5.74) is 42.7. The number of hydrogen-bond acceptors (Lipinski definition) is 22. The lowest BCUT2D eigenvalue weighted by Gasteiger charge is -2.28.